The van der Waals surface area contributed by atoms with Crippen LogP contribution in [0.1, 0.15) is 34.0 Å². The molecule has 4 aromatic rings. The molecule has 6 nitrogen and oxygen atoms in total. The number of benzene rings is 4. The Morgan fingerprint density at radius 1 is 0.791 bits per heavy atom. The van der Waals surface area contributed by atoms with Gasteiger partial charge < -0.3 is 16.0 Å². The van der Waals surface area contributed by atoms with Crippen LogP contribution in [-0.4, -0.2) is 23.0 Å². The van der Waals surface area contributed by atoms with Crippen molar-refractivity contribution in [2.75, 3.05) is 10.6 Å². The maximum atomic E-state index is 13.3. The number of nitrogens with one attached hydrogen (secondary N) is 3. The zero-order chi connectivity index (χ0) is 31.0. The molecule has 3 N–H and O–H groups in total. The van der Waals surface area contributed by atoms with Gasteiger partial charge in [0.05, 0.1) is 16.5 Å². The summed E-state index contributed by atoms with van der Waals surface area (Å²) in [5, 5.41) is 7.13. The highest BCUT2D eigenvalue weighted by atomic mass is 32.2. The van der Waals surface area contributed by atoms with Gasteiger partial charge in [-0.2, -0.15) is 13.2 Å². The summed E-state index contributed by atoms with van der Waals surface area (Å²) in [7, 11) is 0. The Hall–Kier alpha value is -4.83. The van der Waals surface area contributed by atoms with Crippen molar-refractivity contribution in [1.82, 2.24) is 5.32 Å². The van der Waals surface area contributed by atoms with E-state index in [2.05, 4.69) is 16.0 Å². The number of hydrogen-bond donors (Lipinski definition) is 3. The first-order valence-corrected chi connectivity index (χ1v) is 14.1. The predicted molar refractivity (Wildman–Crippen MR) is 164 cm³/mol. The van der Waals surface area contributed by atoms with Crippen LogP contribution < -0.4 is 16.0 Å². The van der Waals surface area contributed by atoms with E-state index in [1.54, 1.807) is 67.6 Å². The molecule has 0 saturated carbocycles. The molecule has 3 amide bonds. The molecule has 4 rings (SSSR count). The van der Waals surface area contributed by atoms with Crippen LogP contribution in [0.2, 0.25) is 0 Å². The van der Waals surface area contributed by atoms with Gasteiger partial charge in [0.1, 0.15) is 5.70 Å². The second-order valence-corrected chi connectivity index (χ2v) is 10.9. The first kappa shape index (κ1) is 31.1. The normalized spacial score (nSPS) is 12.3. The van der Waals surface area contributed by atoms with Gasteiger partial charge >= 0.3 is 6.18 Å². The number of thioether (sulfide) groups is 1. The number of rotatable bonds is 9. The molecule has 0 saturated heterocycles. The van der Waals surface area contributed by atoms with Crippen molar-refractivity contribution >= 4 is 46.9 Å². The first-order chi connectivity index (χ1) is 20.5. The minimum atomic E-state index is -4.60. The fraction of sp³-hybridized carbons (Fsp3) is 0.121. The number of anilines is 2. The molecule has 1 atom stereocenters. The molecule has 0 aliphatic carbocycles. The van der Waals surface area contributed by atoms with Crippen molar-refractivity contribution in [3.05, 3.63) is 131 Å². The minimum absolute atomic E-state index is 0.0473. The van der Waals surface area contributed by atoms with Crippen LogP contribution in [0, 0.1) is 6.92 Å². The summed E-state index contributed by atoms with van der Waals surface area (Å²) in [6.07, 6.45) is -2.99. The number of hydrogen-bond acceptors (Lipinski definition) is 4. The molecule has 0 bridgehead atoms. The van der Waals surface area contributed by atoms with E-state index in [1.807, 2.05) is 31.2 Å². The summed E-state index contributed by atoms with van der Waals surface area (Å²) in [4.78, 5) is 39.5. The van der Waals surface area contributed by atoms with Crippen molar-refractivity contribution in [3.63, 3.8) is 0 Å². The highest BCUT2D eigenvalue weighted by Gasteiger charge is 2.34. The Morgan fingerprint density at radius 2 is 1.42 bits per heavy atom. The monoisotopic (exact) mass is 603 g/mol. The molecule has 0 aromatic heterocycles. The van der Waals surface area contributed by atoms with Crippen LogP contribution in [0.15, 0.2) is 114 Å². The maximum Gasteiger partial charge on any atom is 0.418 e. The van der Waals surface area contributed by atoms with E-state index >= 15 is 0 Å². The molecule has 0 fully saturated rings. The van der Waals surface area contributed by atoms with Crippen molar-refractivity contribution in [1.29, 1.82) is 0 Å². The largest absolute Gasteiger partial charge is 0.418 e. The Morgan fingerprint density at radius 3 is 2.09 bits per heavy atom. The van der Waals surface area contributed by atoms with E-state index in [-0.39, 0.29) is 11.4 Å². The standard InChI is InChI=1S/C33H28F3N3O3S/c1-21-10-6-7-13-24(21)20-29(39-31(41)23-11-4-3-5-12-23)32(42)37-25-16-18-26(19-17-25)43-22(2)30(40)38-28-15-9-8-14-27(28)33(34,35)36/h3-20,22H,1-2H3,(H,37,42)(H,38,40)(H,39,41)/b29-20-. The van der Waals surface area contributed by atoms with E-state index in [0.29, 0.717) is 16.1 Å². The Labute approximate surface area is 251 Å². The van der Waals surface area contributed by atoms with Crippen LogP contribution in [0.4, 0.5) is 24.5 Å². The lowest BCUT2D eigenvalue weighted by Crippen LogP contribution is -2.30. The van der Waals surface area contributed by atoms with Gasteiger partial charge in [-0.1, -0.05) is 54.6 Å². The molecule has 0 aliphatic rings. The molecule has 10 heteroatoms. The summed E-state index contributed by atoms with van der Waals surface area (Å²) in [6.45, 7) is 3.48. The third kappa shape index (κ3) is 8.59. The Bertz CT molecular complexity index is 1640. The van der Waals surface area contributed by atoms with Gasteiger partial charge in [0.25, 0.3) is 11.8 Å². The van der Waals surface area contributed by atoms with Gasteiger partial charge in [0.2, 0.25) is 5.91 Å². The number of amides is 3. The number of carbonyl (C=O) groups excluding carboxylic acids is 3. The number of para-hydroxylation sites is 1. The van der Waals surface area contributed by atoms with Crippen LogP contribution in [0.3, 0.4) is 0 Å². The number of alkyl halides is 3. The smallest absolute Gasteiger partial charge is 0.325 e. The Kier molecular flexibility index (Phi) is 10.0. The molecule has 220 valence electrons. The minimum Gasteiger partial charge on any atom is -0.325 e. The van der Waals surface area contributed by atoms with E-state index < -0.39 is 34.7 Å². The van der Waals surface area contributed by atoms with Crippen LogP contribution in [0.5, 0.6) is 0 Å². The summed E-state index contributed by atoms with van der Waals surface area (Å²) in [5.41, 5.74) is 1.34. The van der Waals surface area contributed by atoms with E-state index in [4.69, 9.17) is 0 Å². The zero-order valence-electron chi connectivity index (χ0n) is 23.2. The highest BCUT2D eigenvalue weighted by Crippen LogP contribution is 2.35. The van der Waals surface area contributed by atoms with Gasteiger partial charge in [-0.25, -0.2) is 0 Å². The van der Waals surface area contributed by atoms with Gasteiger partial charge in [-0.15, -0.1) is 11.8 Å². The molecule has 0 radical (unpaired) electrons. The molecule has 0 spiro atoms. The van der Waals surface area contributed by atoms with Crippen molar-refractivity contribution in [2.45, 2.75) is 30.2 Å². The van der Waals surface area contributed by atoms with E-state index in [0.717, 1.165) is 29.0 Å². The lowest BCUT2D eigenvalue weighted by atomic mass is 10.1. The van der Waals surface area contributed by atoms with E-state index in [9.17, 15) is 27.6 Å². The number of halogens is 3. The SMILES string of the molecule is Cc1ccccc1/C=C(\NC(=O)c1ccccc1)C(=O)Nc1ccc(SC(C)C(=O)Nc2ccccc2C(F)(F)F)cc1. The summed E-state index contributed by atoms with van der Waals surface area (Å²) < 4.78 is 39.8. The second-order valence-electron chi connectivity index (χ2n) is 9.51. The second kappa shape index (κ2) is 13.9. The average Bonchev–Trinajstić information content (AvgIpc) is 2.99. The molecular weight excluding hydrogens is 575 g/mol. The van der Waals surface area contributed by atoms with Gasteiger partial charge in [-0.3, -0.25) is 14.4 Å². The van der Waals surface area contributed by atoms with Gasteiger partial charge in [-0.05, 0) is 79.6 Å². The summed E-state index contributed by atoms with van der Waals surface area (Å²) in [5.74, 6) is -1.56. The third-order valence-electron chi connectivity index (χ3n) is 6.30. The van der Waals surface area contributed by atoms with Crippen LogP contribution in [0.25, 0.3) is 6.08 Å². The van der Waals surface area contributed by atoms with Crippen molar-refractivity contribution in [3.8, 4) is 0 Å². The zero-order valence-corrected chi connectivity index (χ0v) is 24.1. The average molecular weight is 604 g/mol. The fourth-order valence-electron chi connectivity index (χ4n) is 3.99. The molecule has 1 unspecified atom stereocenters. The predicted octanol–water partition coefficient (Wildman–Crippen LogP) is 7.54. The number of carbonyl (C=O) groups is 3. The molecule has 43 heavy (non-hydrogen) atoms. The fourth-order valence-corrected chi connectivity index (χ4v) is 4.86. The van der Waals surface area contributed by atoms with Crippen LogP contribution in [-0.2, 0) is 15.8 Å². The van der Waals surface area contributed by atoms with Gasteiger partial charge in [0.15, 0.2) is 0 Å². The summed E-state index contributed by atoms with van der Waals surface area (Å²) >= 11 is 1.15. The quantitative estimate of drug-likeness (QED) is 0.136. The lowest BCUT2D eigenvalue weighted by Gasteiger charge is -2.16. The van der Waals surface area contributed by atoms with E-state index in [1.165, 1.54) is 18.2 Å². The lowest BCUT2D eigenvalue weighted by molar-refractivity contribution is -0.137. The van der Waals surface area contributed by atoms with Crippen molar-refractivity contribution in [2.24, 2.45) is 0 Å². The topological polar surface area (TPSA) is 87.3 Å². The Balaban J connectivity index is 1.44. The van der Waals surface area contributed by atoms with Crippen LogP contribution >= 0.6 is 11.8 Å². The van der Waals surface area contributed by atoms with Crippen molar-refractivity contribution < 1.29 is 27.6 Å². The van der Waals surface area contributed by atoms with Gasteiger partial charge in [0, 0.05) is 16.1 Å². The number of aryl methyl sites for hydroxylation is 1. The highest BCUT2D eigenvalue weighted by molar-refractivity contribution is 8.00. The first-order valence-electron chi connectivity index (χ1n) is 13.2. The third-order valence-corrected chi connectivity index (χ3v) is 7.41. The molecular formula is C33H28F3N3O3S. The maximum absolute atomic E-state index is 13.3. The molecule has 4 aromatic carbocycles. The molecule has 0 heterocycles. The summed E-state index contributed by atoms with van der Waals surface area (Å²) in [6, 6.07) is 27.4. The molecule has 0 aliphatic heterocycles.